The van der Waals surface area contributed by atoms with Crippen LogP contribution >= 0.6 is 34.5 Å². The minimum atomic E-state index is -5.03. The summed E-state index contributed by atoms with van der Waals surface area (Å²) in [4.78, 5) is 30.0. The molecule has 0 bridgehead atoms. The van der Waals surface area contributed by atoms with Crippen molar-refractivity contribution in [3.05, 3.63) is 88.5 Å². The topological polar surface area (TPSA) is 103 Å². The number of halogens is 5. The smallest absolute Gasteiger partial charge is 0.434 e. The third-order valence-electron chi connectivity index (χ3n) is 5.61. The van der Waals surface area contributed by atoms with Gasteiger partial charge in [0.1, 0.15) is 6.07 Å². The molecule has 0 N–H and O–H groups in total. The summed E-state index contributed by atoms with van der Waals surface area (Å²) < 4.78 is 59.2. The molecule has 208 valence electrons. The Balaban J connectivity index is 1.99. The van der Waals surface area contributed by atoms with E-state index >= 15 is 0 Å². The third kappa shape index (κ3) is 5.72. The van der Waals surface area contributed by atoms with Crippen LogP contribution in [-0.4, -0.2) is 37.0 Å². The average Bonchev–Trinajstić information content (AvgIpc) is 3.21. The van der Waals surface area contributed by atoms with Gasteiger partial charge in [-0.25, -0.2) is 9.79 Å². The summed E-state index contributed by atoms with van der Waals surface area (Å²) in [6.45, 7) is 0.971. The number of carbonyl (C=O) groups is 1. The number of hydrogen-bond donors (Lipinski definition) is 0. The molecule has 0 spiro atoms. The van der Waals surface area contributed by atoms with Crippen molar-refractivity contribution in [1.29, 1.82) is 5.26 Å². The number of esters is 1. The molecule has 0 fully saturated rings. The van der Waals surface area contributed by atoms with Crippen molar-refractivity contribution in [1.82, 2.24) is 4.57 Å². The van der Waals surface area contributed by atoms with E-state index in [1.807, 2.05) is 6.07 Å². The fraction of sp³-hybridized carbons (Fsp3) is 0.231. The van der Waals surface area contributed by atoms with Gasteiger partial charge in [-0.05, 0) is 48.4 Å². The summed E-state index contributed by atoms with van der Waals surface area (Å²) in [5.74, 6) is -0.969. The van der Waals surface area contributed by atoms with Gasteiger partial charge in [-0.3, -0.25) is 9.36 Å². The van der Waals surface area contributed by atoms with Crippen LogP contribution in [0.2, 0.25) is 10.0 Å². The summed E-state index contributed by atoms with van der Waals surface area (Å²) in [5.41, 5.74) is -2.42. The summed E-state index contributed by atoms with van der Waals surface area (Å²) >= 11 is 13.0. The van der Waals surface area contributed by atoms with E-state index in [9.17, 15) is 22.8 Å². The second-order valence-electron chi connectivity index (χ2n) is 8.10. The van der Waals surface area contributed by atoms with Crippen molar-refractivity contribution in [3.8, 4) is 17.6 Å². The predicted octanol–water partition coefficient (Wildman–Crippen LogP) is 4.56. The molecule has 0 amide bonds. The number of alkyl halides is 3. The maximum absolute atomic E-state index is 14.2. The number of carbonyl (C=O) groups excluding carboxylic acids is 1. The number of nitriles is 1. The third-order valence-corrected chi connectivity index (χ3v) is 7.13. The largest absolute Gasteiger partial charge is 0.493 e. The molecule has 4 rings (SSSR count). The van der Waals surface area contributed by atoms with E-state index in [2.05, 4.69) is 4.99 Å². The quantitative estimate of drug-likeness (QED) is 0.363. The number of benzene rings is 2. The highest BCUT2D eigenvalue weighted by atomic mass is 35.5. The molecule has 3 aromatic rings. The van der Waals surface area contributed by atoms with Gasteiger partial charge in [-0.1, -0.05) is 46.7 Å². The number of allylic oxidation sites excluding steroid dienone is 1. The Morgan fingerprint density at radius 2 is 1.95 bits per heavy atom. The molecule has 40 heavy (non-hydrogen) atoms. The second kappa shape index (κ2) is 11.8. The zero-order valence-corrected chi connectivity index (χ0v) is 23.0. The first-order valence-electron chi connectivity index (χ1n) is 11.4. The van der Waals surface area contributed by atoms with E-state index in [1.54, 1.807) is 0 Å². The van der Waals surface area contributed by atoms with Crippen LogP contribution in [-0.2, 0) is 9.53 Å². The molecule has 0 unspecified atom stereocenters. The summed E-state index contributed by atoms with van der Waals surface area (Å²) in [6, 6.07) is 8.97. The lowest BCUT2D eigenvalue weighted by atomic mass is 9.95. The van der Waals surface area contributed by atoms with E-state index in [4.69, 9.17) is 42.7 Å². The van der Waals surface area contributed by atoms with E-state index in [0.717, 1.165) is 4.57 Å². The van der Waals surface area contributed by atoms with Crippen LogP contribution in [0.3, 0.4) is 0 Å². The summed E-state index contributed by atoms with van der Waals surface area (Å²) in [6.07, 6.45) is -3.63. The number of hydrogen-bond acceptors (Lipinski definition) is 8. The van der Waals surface area contributed by atoms with Gasteiger partial charge < -0.3 is 14.2 Å². The first-order valence-corrected chi connectivity index (χ1v) is 13.0. The van der Waals surface area contributed by atoms with Gasteiger partial charge in [0.2, 0.25) is 0 Å². The van der Waals surface area contributed by atoms with E-state index < -0.39 is 35.0 Å². The summed E-state index contributed by atoms with van der Waals surface area (Å²) in [7, 11) is 1.35. The van der Waals surface area contributed by atoms with Crippen LogP contribution in [0.15, 0.2) is 57.5 Å². The van der Waals surface area contributed by atoms with Crippen molar-refractivity contribution < 1.29 is 32.2 Å². The van der Waals surface area contributed by atoms with Gasteiger partial charge in [0.15, 0.2) is 28.6 Å². The molecule has 0 aliphatic carbocycles. The number of rotatable bonds is 7. The van der Waals surface area contributed by atoms with Crippen molar-refractivity contribution in [2.45, 2.75) is 19.1 Å². The Hall–Kier alpha value is -3.79. The Kier molecular flexibility index (Phi) is 8.58. The van der Waals surface area contributed by atoms with E-state index in [-0.39, 0.29) is 44.6 Å². The van der Waals surface area contributed by atoms with Crippen LogP contribution in [0, 0.1) is 11.3 Å². The van der Waals surface area contributed by atoms with Gasteiger partial charge >= 0.3 is 12.1 Å². The van der Waals surface area contributed by atoms with Crippen molar-refractivity contribution in [2.24, 2.45) is 4.99 Å². The van der Waals surface area contributed by atoms with Gasteiger partial charge in [0, 0.05) is 5.02 Å². The molecule has 8 nitrogen and oxygen atoms in total. The van der Waals surface area contributed by atoms with Crippen LogP contribution in [0.5, 0.6) is 11.5 Å². The van der Waals surface area contributed by atoms with Gasteiger partial charge in [-0.15, -0.1) is 0 Å². The molecular formula is C26H18Cl2F3N3O5S. The van der Waals surface area contributed by atoms with Crippen molar-refractivity contribution >= 4 is 46.6 Å². The number of thiazole rings is 1. The first-order chi connectivity index (χ1) is 19.0. The molecule has 0 radical (unpaired) electrons. The first kappa shape index (κ1) is 29.2. The monoisotopic (exact) mass is 611 g/mol. The highest BCUT2D eigenvalue weighted by Gasteiger charge is 2.45. The highest BCUT2D eigenvalue weighted by Crippen LogP contribution is 2.39. The number of ether oxygens (including phenoxy) is 3. The molecule has 0 saturated heterocycles. The molecule has 1 aliphatic rings. The maximum Gasteiger partial charge on any atom is 0.434 e. The highest BCUT2D eigenvalue weighted by molar-refractivity contribution is 7.07. The van der Waals surface area contributed by atoms with Crippen LogP contribution in [0.4, 0.5) is 13.2 Å². The molecule has 2 heterocycles. The van der Waals surface area contributed by atoms with Crippen LogP contribution < -0.4 is 24.4 Å². The normalized spacial score (nSPS) is 15.2. The molecule has 1 aromatic heterocycles. The maximum atomic E-state index is 14.2. The van der Waals surface area contributed by atoms with Crippen LogP contribution in [0.25, 0.3) is 6.08 Å². The number of fused-ring (bicyclic) bond motifs is 1. The zero-order valence-electron chi connectivity index (χ0n) is 20.7. The van der Waals surface area contributed by atoms with Gasteiger partial charge in [-0.2, -0.15) is 18.4 Å². The number of nitrogens with zero attached hydrogens (tertiary/aromatic N) is 3. The standard InChI is InChI=1S/C26H18Cl2F3N3O5S/c1-3-38-24(36)19-20(14-4-6-15(27)7-5-14)34-23(35)18(40-25(34)33-22(19)26(29,30)31)12-13-10-16(28)21(39-9-8-32)17(11-13)37-2/h4-7,10-12,20H,3,9H2,1-2H3/b18-12-/t20-/m0/s1. The fourth-order valence-electron chi connectivity index (χ4n) is 4.02. The lowest BCUT2D eigenvalue weighted by Crippen LogP contribution is -2.41. The fourth-order valence-corrected chi connectivity index (χ4v) is 5.42. The van der Waals surface area contributed by atoms with E-state index in [0.29, 0.717) is 21.9 Å². The molecule has 1 aliphatic heterocycles. The van der Waals surface area contributed by atoms with Crippen LogP contribution in [0.1, 0.15) is 24.1 Å². The van der Waals surface area contributed by atoms with Gasteiger partial charge in [0.25, 0.3) is 5.56 Å². The zero-order chi connectivity index (χ0) is 29.2. The SMILES string of the molecule is CCOC(=O)C1=C(C(F)(F)F)N=c2s/c(=C\c3cc(Cl)c(OCC#N)c(OC)c3)c(=O)n2[C@H]1c1ccc(Cl)cc1. The lowest BCUT2D eigenvalue weighted by Gasteiger charge is -2.26. The van der Waals surface area contributed by atoms with Gasteiger partial charge in [0.05, 0.1) is 34.9 Å². The van der Waals surface area contributed by atoms with Crippen molar-refractivity contribution in [3.63, 3.8) is 0 Å². The molecule has 0 saturated carbocycles. The Morgan fingerprint density at radius 1 is 1.25 bits per heavy atom. The Labute approximate surface area is 238 Å². The average molecular weight is 612 g/mol. The molecular weight excluding hydrogens is 594 g/mol. The second-order valence-corrected chi connectivity index (χ2v) is 9.95. The molecule has 1 atom stereocenters. The molecule has 14 heteroatoms. The Bertz CT molecular complexity index is 1720. The minimum absolute atomic E-state index is 0.00756. The molecule has 2 aromatic carbocycles. The van der Waals surface area contributed by atoms with Crippen molar-refractivity contribution in [2.75, 3.05) is 20.3 Å². The lowest BCUT2D eigenvalue weighted by molar-refractivity contribution is -0.140. The van der Waals surface area contributed by atoms with E-state index in [1.165, 1.54) is 56.5 Å². The number of methoxy groups -OCH3 is 1. The predicted molar refractivity (Wildman–Crippen MR) is 141 cm³/mol. The Morgan fingerprint density at radius 3 is 2.55 bits per heavy atom. The minimum Gasteiger partial charge on any atom is -0.493 e. The number of aromatic nitrogens is 1. The summed E-state index contributed by atoms with van der Waals surface area (Å²) in [5, 5.41) is 9.18.